The van der Waals surface area contributed by atoms with Gasteiger partial charge in [0, 0.05) is 13.5 Å². The van der Waals surface area contributed by atoms with Crippen LogP contribution in [0.2, 0.25) is 0 Å². The summed E-state index contributed by atoms with van der Waals surface area (Å²) in [5, 5.41) is 0. The van der Waals surface area contributed by atoms with E-state index in [9.17, 15) is 4.79 Å². The van der Waals surface area contributed by atoms with Crippen LogP contribution in [0, 0.1) is 20.8 Å². The van der Waals surface area contributed by atoms with Crippen molar-refractivity contribution in [3.63, 3.8) is 0 Å². The molecule has 6 nitrogen and oxygen atoms in total. The fourth-order valence-electron chi connectivity index (χ4n) is 1.86. The average molecular weight is 263 g/mol. The molecule has 102 valence electrons. The smallest absolute Gasteiger partial charge is 0.260 e. The van der Waals surface area contributed by atoms with Gasteiger partial charge in [-0.15, -0.1) is 0 Å². The van der Waals surface area contributed by atoms with Gasteiger partial charge in [0.05, 0.1) is 5.56 Å². The Bertz CT molecular complexity index is 643. The number of aromatic nitrogens is 3. The van der Waals surface area contributed by atoms with Crippen LogP contribution >= 0.6 is 0 Å². The third kappa shape index (κ3) is 2.67. The minimum absolute atomic E-state index is 0.0682. The molecule has 0 amide bonds. The Labute approximate surface area is 111 Å². The molecule has 0 saturated heterocycles. The second-order valence-electron chi connectivity index (χ2n) is 4.29. The maximum atomic E-state index is 12.1. The molecule has 0 N–H and O–H groups in total. The highest BCUT2D eigenvalue weighted by Crippen LogP contribution is 2.13. The first-order valence-electron chi connectivity index (χ1n) is 6.14. The summed E-state index contributed by atoms with van der Waals surface area (Å²) >= 11 is 0. The summed E-state index contributed by atoms with van der Waals surface area (Å²) in [6, 6.07) is 0. The van der Waals surface area contributed by atoms with E-state index in [1.54, 1.807) is 25.3 Å². The molecule has 0 saturated carbocycles. The van der Waals surface area contributed by atoms with E-state index in [4.69, 9.17) is 9.15 Å². The van der Waals surface area contributed by atoms with Crippen molar-refractivity contribution in [2.24, 2.45) is 0 Å². The Kier molecular flexibility index (Phi) is 3.69. The third-order valence-corrected chi connectivity index (χ3v) is 2.88. The molecule has 2 heterocycles. The minimum Gasteiger partial charge on any atom is -0.471 e. The molecule has 2 aromatic rings. The predicted octanol–water partition coefficient (Wildman–Crippen LogP) is 1.76. The van der Waals surface area contributed by atoms with Gasteiger partial charge in [-0.05, 0) is 20.8 Å². The summed E-state index contributed by atoms with van der Waals surface area (Å²) in [7, 11) is 0. The first-order chi connectivity index (χ1) is 9.02. The van der Waals surface area contributed by atoms with Crippen molar-refractivity contribution in [2.75, 3.05) is 0 Å². The zero-order chi connectivity index (χ0) is 14.0. The standard InChI is InChI=1S/C13H17N3O3/c1-5-16-9(3)14-12(8(2)13(16)17)19-7-11-6-18-10(4)15-11/h6H,5,7H2,1-4H3. The van der Waals surface area contributed by atoms with E-state index in [0.29, 0.717) is 35.4 Å². The summed E-state index contributed by atoms with van der Waals surface area (Å²) in [4.78, 5) is 20.5. The molecule has 0 aliphatic rings. The molecule has 0 radical (unpaired) electrons. The number of hydrogen-bond acceptors (Lipinski definition) is 5. The third-order valence-electron chi connectivity index (χ3n) is 2.88. The first-order valence-corrected chi connectivity index (χ1v) is 6.14. The van der Waals surface area contributed by atoms with E-state index in [0.717, 1.165) is 0 Å². The number of ether oxygens (including phenoxy) is 1. The zero-order valence-corrected chi connectivity index (χ0v) is 11.6. The monoisotopic (exact) mass is 263 g/mol. The highest BCUT2D eigenvalue weighted by molar-refractivity contribution is 5.23. The second kappa shape index (κ2) is 5.26. The number of nitrogens with zero attached hydrogens (tertiary/aromatic N) is 3. The Morgan fingerprint density at radius 2 is 2.05 bits per heavy atom. The molecule has 0 atom stereocenters. The molecule has 2 rings (SSSR count). The van der Waals surface area contributed by atoms with E-state index >= 15 is 0 Å². The maximum Gasteiger partial charge on any atom is 0.260 e. The van der Waals surface area contributed by atoms with Gasteiger partial charge in [-0.1, -0.05) is 0 Å². The lowest BCUT2D eigenvalue weighted by atomic mass is 10.3. The molecule has 0 aliphatic carbocycles. The average Bonchev–Trinajstić information content (AvgIpc) is 2.79. The summed E-state index contributed by atoms with van der Waals surface area (Å²) in [6.45, 7) is 8.01. The summed E-state index contributed by atoms with van der Waals surface area (Å²) in [5.74, 6) is 1.58. The molecule has 0 aromatic carbocycles. The second-order valence-corrected chi connectivity index (χ2v) is 4.29. The van der Waals surface area contributed by atoms with Gasteiger partial charge in [0.25, 0.3) is 5.56 Å². The van der Waals surface area contributed by atoms with Gasteiger partial charge >= 0.3 is 0 Å². The molecule has 0 bridgehead atoms. The van der Waals surface area contributed by atoms with E-state index in [-0.39, 0.29) is 12.2 Å². The lowest BCUT2D eigenvalue weighted by Gasteiger charge is -2.11. The number of rotatable bonds is 4. The van der Waals surface area contributed by atoms with E-state index in [1.807, 2.05) is 6.92 Å². The van der Waals surface area contributed by atoms with E-state index in [2.05, 4.69) is 9.97 Å². The van der Waals surface area contributed by atoms with Crippen molar-refractivity contribution >= 4 is 0 Å². The SMILES string of the molecule is CCn1c(C)nc(OCc2coc(C)n2)c(C)c1=O. The van der Waals surface area contributed by atoms with Gasteiger partial charge in [0.15, 0.2) is 5.89 Å². The lowest BCUT2D eigenvalue weighted by Crippen LogP contribution is -2.25. The highest BCUT2D eigenvalue weighted by atomic mass is 16.5. The molecule has 2 aromatic heterocycles. The summed E-state index contributed by atoms with van der Waals surface area (Å²) in [5.41, 5.74) is 1.12. The van der Waals surface area contributed by atoms with E-state index in [1.165, 1.54) is 6.26 Å². The van der Waals surface area contributed by atoms with Crippen LogP contribution in [-0.2, 0) is 13.2 Å². The van der Waals surface area contributed by atoms with Crippen molar-refractivity contribution in [3.05, 3.63) is 39.6 Å². The van der Waals surface area contributed by atoms with Gasteiger partial charge in [-0.3, -0.25) is 9.36 Å². The summed E-state index contributed by atoms with van der Waals surface area (Å²) in [6.07, 6.45) is 1.53. The minimum atomic E-state index is -0.0682. The van der Waals surface area contributed by atoms with Crippen LogP contribution in [0.5, 0.6) is 5.88 Å². The van der Waals surface area contributed by atoms with Crippen molar-refractivity contribution in [3.8, 4) is 5.88 Å². The van der Waals surface area contributed by atoms with Crippen molar-refractivity contribution in [1.29, 1.82) is 0 Å². The Morgan fingerprint density at radius 1 is 1.32 bits per heavy atom. The van der Waals surface area contributed by atoms with Crippen LogP contribution in [0.3, 0.4) is 0 Å². The van der Waals surface area contributed by atoms with Gasteiger partial charge in [-0.25, -0.2) is 9.97 Å². The first kappa shape index (κ1) is 13.3. The molecular formula is C13H17N3O3. The molecule has 0 aliphatic heterocycles. The van der Waals surface area contributed by atoms with Crippen LogP contribution < -0.4 is 10.3 Å². The zero-order valence-electron chi connectivity index (χ0n) is 11.6. The van der Waals surface area contributed by atoms with Crippen LogP contribution in [-0.4, -0.2) is 14.5 Å². The highest BCUT2D eigenvalue weighted by Gasteiger charge is 2.12. The molecule has 6 heteroatoms. The fraction of sp³-hybridized carbons (Fsp3) is 0.462. The Morgan fingerprint density at radius 3 is 2.63 bits per heavy atom. The van der Waals surface area contributed by atoms with Crippen molar-refractivity contribution in [1.82, 2.24) is 14.5 Å². The van der Waals surface area contributed by atoms with Gasteiger partial charge in [-0.2, -0.15) is 0 Å². The molecule has 0 fully saturated rings. The van der Waals surface area contributed by atoms with E-state index < -0.39 is 0 Å². The quantitative estimate of drug-likeness (QED) is 0.840. The van der Waals surface area contributed by atoms with Gasteiger partial charge in [0.1, 0.15) is 24.4 Å². The Balaban J connectivity index is 2.24. The molecule has 19 heavy (non-hydrogen) atoms. The summed E-state index contributed by atoms with van der Waals surface area (Å²) < 4.78 is 12.3. The molecule has 0 spiro atoms. The predicted molar refractivity (Wildman–Crippen MR) is 69.2 cm³/mol. The molecule has 0 unspecified atom stereocenters. The van der Waals surface area contributed by atoms with Gasteiger partial charge in [0.2, 0.25) is 5.88 Å². The van der Waals surface area contributed by atoms with Crippen molar-refractivity contribution < 1.29 is 9.15 Å². The molecular weight excluding hydrogens is 246 g/mol. The topological polar surface area (TPSA) is 70.2 Å². The van der Waals surface area contributed by atoms with Crippen LogP contribution in [0.15, 0.2) is 15.5 Å². The Hall–Kier alpha value is -2.11. The van der Waals surface area contributed by atoms with Crippen LogP contribution in [0.1, 0.15) is 29.9 Å². The lowest BCUT2D eigenvalue weighted by molar-refractivity contribution is 0.283. The normalized spacial score (nSPS) is 10.7. The largest absolute Gasteiger partial charge is 0.471 e. The fourth-order valence-corrected chi connectivity index (χ4v) is 1.86. The van der Waals surface area contributed by atoms with Crippen LogP contribution in [0.25, 0.3) is 0 Å². The maximum absolute atomic E-state index is 12.1. The number of aryl methyl sites for hydroxylation is 2. The van der Waals surface area contributed by atoms with Crippen LogP contribution in [0.4, 0.5) is 0 Å². The van der Waals surface area contributed by atoms with Crippen molar-refractivity contribution in [2.45, 2.75) is 40.8 Å². The number of oxazole rings is 1. The van der Waals surface area contributed by atoms with Gasteiger partial charge < -0.3 is 9.15 Å². The number of hydrogen-bond donors (Lipinski definition) is 0.